The molecule has 152 valence electrons. The second-order valence-corrected chi connectivity index (χ2v) is 7.84. The van der Waals surface area contributed by atoms with Gasteiger partial charge < -0.3 is 16.0 Å². The second-order valence-electron chi connectivity index (χ2n) is 7.44. The topological polar surface area (TPSA) is 92.5 Å². The molecule has 0 saturated heterocycles. The van der Waals surface area contributed by atoms with Gasteiger partial charge >= 0.3 is 0 Å². The minimum absolute atomic E-state index is 0.140. The number of nitrogens with zero attached hydrogens (tertiary/aromatic N) is 1. The second kappa shape index (κ2) is 8.66. The Morgan fingerprint density at radius 1 is 1.07 bits per heavy atom. The van der Waals surface area contributed by atoms with E-state index in [0.717, 1.165) is 5.56 Å². The van der Waals surface area contributed by atoms with E-state index in [1.165, 1.54) is 0 Å². The van der Waals surface area contributed by atoms with E-state index in [1.807, 2.05) is 19.9 Å². The first kappa shape index (κ1) is 20.9. The third-order valence-corrected chi connectivity index (χ3v) is 5.45. The molecule has 3 amide bonds. The molecule has 1 aliphatic heterocycles. The van der Waals surface area contributed by atoms with Crippen LogP contribution in [0, 0.1) is 5.92 Å². The lowest BCUT2D eigenvalue weighted by Crippen LogP contribution is -2.52. The number of anilines is 1. The molecule has 6 nitrogen and oxygen atoms in total. The number of rotatable bonds is 5. The quantitative estimate of drug-likeness (QED) is 0.788. The van der Waals surface area contributed by atoms with Gasteiger partial charge in [-0.15, -0.1) is 0 Å². The van der Waals surface area contributed by atoms with Crippen LogP contribution < -0.4 is 16.0 Å². The Morgan fingerprint density at radius 2 is 1.76 bits per heavy atom. The fourth-order valence-electron chi connectivity index (χ4n) is 3.63. The van der Waals surface area contributed by atoms with Crippen molar-refractivity contribution in [2.24, 2.45) is 11.7 Å². The van der Waals surface area contributed by atoms with Crippen molar-refractivity contribution in [2.45, 2.75) is 32.7 Å². The molecule has 7 heteroatoms. The van der Waals surface area contributed by atoms with Crippen molar-refractivity contribution in [2.75, 3.05) is 11.4 Å². The van der Waals surface area contributed by atoms with Gasteiger partial charge in [0.15, 0.2) is 0 Å². The summed E-state index contributed by atoms with van der Waals surface area (Å²) in [4.78, 5) is 39.5. The average molecular weight is 414 g/mol. The van der Waals surface area contributed by atoms with Gasteiger partial charge in [-0.1, -0.05) is 43.6 Å². The lowest BCUT2D eigenvalue weighted by Gasteiger charge is -2.34. The summed E-state index contributed by atoms with van der Waals surface area (Å²) in [6.45, 7) is 4.26. The summed E-state index contributed by atoms with van der Waals surface area (Å²) < 4.78 is 0. The SMILES string of the molecule is CC(C)C(NC(=O)c1ccccc1Cl)C(=O)N1CCCc2c(C(N)=O)cccc21. The van der Waals surface area contributed by atoms with Gasteiger partial charge in [0.25, 0.3) is 5.91 Å². The number of amides is 3. The highest BCUT2D eigenvalue weighted by Crippen LogP contribution is 2.31. The normalized spacial score (nSPS) is 14.3. The Hall–Kier alpha value is -2.86. The fourth-order valence-corrected chi connectivity index (χ4v) is 3.85. The molecule has 0 radical (unpaired) electrons. The molecule has 1 heterocycles. The first-order valence-corrected chi connectivity index (χ1v) is 9.97. The van der Waals surface area contributed by atoms with Crippen LogP contribution in [0.4, 0.5) is 5.69 Å². The number of nitrogens with one attached hydrogen (secondary N) is 1. The predicted octanol–water partition coefficient (Wildman–Crippen LogP) is 3.17. The number of primary amides is 1. The molecule has 3 rings (SSSR count). The van der Waals surface area contributed by atoms with E-state index >= 15 is 0 Å². The van der Waals surface area contributed by atoms with E-state index in [0.29, 0.717) is 41.2 Å². The van der Waals surface area contributed by atoms with Crippen LogP contribution in [0.5, 0.6) is 0 Å². The van der Waals surface area contributed by atoms with Gasteiger partial charge in [-0.05, 0) is 48.6 Å². The first-order chi connectivity index (χ1) is 13.8. The Bertz CT molecular complexity index is 958. The molecule has 2 aromatic carbocycles. The van der Waals surface area contributed by atoms with Crippen LogP contribution in [-0.4, -0.2) is 30.3 Å². The lowest BCUT2D eigenvalue weighted by atomic mass is 9.94. The molecule has 1 unspecified atom stereocenters. The average Bonchev–Trinajstić information content (AvgIpc) is 2.70. The third-order valence-electron chi connectivity index (χ3n) is 5.12. The van der Waals surface area contributed by atoms with Crippen molar-refractivity contribution in [3.63, 3.8) is 0 Å². The molecule has 0 bridgehead atoms. The maximum absolute atomic E-state index is 13.4. The van der Waals surface area contributed by atoms with E-state index in [-0.39, 0.29) is 11.8 Å². The molecule has 3 N–H and O–H groups in total. The largest absolute Gasteiger partial charge is 0.366 e. The molecule has 29 heavy (non-hydrogen) atoms. The van der Waals surface area contributed by atoms with E-state index in [4.69, 9.17) is 17.3 Å². The summed E-state index contributed by atoms with van der Waals surface area (Å²) in [6.07, 6.45) is 1.39. The van der Waals surface area contributed by atoms with Crippen LogP contribution in [0.25, 0.3) is 0 Å². The van der Waals surface area contributed by atoms with Crippen molar-refractivity contribution in [3.05, 3.63) is 64.2 Å². The molecule has 1 atom stereocenters. The van der Waals surface area contributed by atoms with E-state index in [1.54, 1.807) is 41.3 Å². The molecule has 2 aromatic rings. The Labute approximate surface area is 175 Å². The van der Waals surface area contributed by atoms with Crippen LogP contribution in [0.3, 0.4) is 0 Å². The molecule has 0 aliphatic carbocycles. The van der Waals surface area contributed by atoms with Gasteiger partial charge in [0, 0.05) is 17.8 Å². The predicted molar refractivity (Wildman–Crippen MR) is 113 cm³/mol. The molecule has 1 aliphatic rings. The van der Waals surface area contributed by atoms with Crippen molar-refractivity contribution in [3.8, 4) is 0 Å². The number of nitrogens with two attached hydrogens (primary N) is 1. The van der Waals surface area contributed by atoms with Gasteiger partial charge in [0.2, 0.25) is 11.8 Å². The van der Waals surface area contributed by atoms with Gasteiger partial charge in [-0.3, -0.25) is 14.4 Å². The number of halogens is 1. The minimum Gasteiger partial charge on any atom is -0.366 e. The maximum atomic E-state index is 13.4. The van der Waals surface area contributed by atoms with Gasteiger partial charge in [-0.25, -0.2) is 0 Å². The standard InChI is InChI=1S/C22H24ClN3O3/c1-13(2)19(25-21(28)16-7-3-4-10-17(16)23)22(29)26-12-6-9-14-15(20(24)27)8-5-11-18(14)26/h3-5,7-8,10-11,13,19H,6,9,12H2,1-2H3,(H2,24,27)(H,25,28). The zero-order valence-corrected chi connectivity index (χ0v) is 17.2. The number of hydrogen-bond donors (Lipinski definition) is 2. The van der Waals surface area contributed by atoms with Crippen molar-refractivity contribution < 1.29 is 14.4 Å². The van der Waals surface area contributed by atoms with Crippen LogP contribution in [0.15, 0.2) is 42.5 Å². The highest BCUT2D eigenvalue weighted by atomic mass is 35.5. The van der Waals surface area contributed by atoms with Gasteiger partial charge in [-0.2, -0.15) is 0 Å². The van der Waals surface area contributed by atoms with E-state index < -0.39 is 17.9 Å². The summed E-state index contributed by atoms with van der Waals surface area (Å²) in [5.74, 6) is -1.27. The summed E-state index contributed by atoms with van der Waals surface area (Å²) in [5, 5.41) is 3.16. The maximum Gasteiger partial charge on any atom is 0.253 e. The monoisotopic (exact) mass is 413 g/mol. The minimum atomic E-state index is -0.734. The summed E-state index contributed by atoms with van der Waals surface area (Å²) >= 11 is 6.12. The van der Waals surface area contributed by atoms with Crippen LogP contribution in [0.1, 0.15) is 46.5 Å². The number of carbonyl (C=O) groups is 3. The first-order valence-electron chi connectivity index (χ1n) is 9.59. The molecular formula is C22H24ClN3O3. The highest BCUT2D eigenvalue weighted by Gasteiger charge is 2.33. The number of carbonyl (C=O) groups excluding carboxylic acids is 3. The Morgan fingerprint density at radius 3 is 2.41 bits per heavy atom. The van der Waals surface area contributed by atoms with Gasteiger partial charge in [0.05, 0.1) is 10.6 Å². The number of benzene rings is 2. The molecule has 0 fully saturated rings. The summed E-state index contributed by atoms with van der Waals surface area (Å²) in [6, 6.07) is 11.2. The van der Waals surface area contributed by atoms with Crippen LogP contribution in [0.2, 0.25) is 5.02 Å². The van der Waals surface area contributed by atoms with Crippen LogP contribution in [-0.2, 0) is 11.2 Å². The molecule has 0 aromatic heterocycles. The summed E-state index contributed by atoms with van der Waals surface area (Å²) in [5.41, 5.74) is 7.71. The Kier molecular flexibility index (Phi) is 6.23. The zero-order valence-electron chi connectivity index (χ0n) is 16.4. The Balaban J connectivity index is 1.90. The van der Waals surface area contributed by atoms with E-state index in [2.05, 4.69) is 5.32 Å². The summed E-state index contributed by atoms with van der Waals surface area (Å²) in [7, 11) is 0. The fraction of sp³-hybridized carbons (Fsp3) is 0.318. The third kappa shape index (κ3) is 4.27. The smallest absolute Gasteiger partial charge is 0.253 e. The number of hydrogen-bond acceptors (Lipinski definition) is 3. The highest BCUT2D eigenvalue weighted by molar-refractivity contribution is 6.33. The molecule has 0 saturated carbocycles. The van der Waals surface area contributed by atoms with Gasteiger partial charge in [0.1, 0.15) is 6.04 Å². The van der Waals surface area contributed by atoms with Crippen LogP contribution >= 0.6 is 11.6 Å². The number of fused-ring (bicyclic) bond motifs is 1. The van der Waals surface area contributed by atoms with Crippen molar-refractivity contribution >= 4 is 35.0 Å². The molecule has 0 spiro atoms. The van der Waals surface area contributed by atoms with Crippen molar-refractivity contribution in [1.29, 1.82) is 0 Å². The lowest BCUT2D eigenvalue weighted by molar-refractivity contribution is -0.121. The molecular weight excluding hydrogens is 390 g/mol. The van der Waals surface area contributed by atoms with E-state index in [9.17, 15) is 14.4 Å². The zero-order chi connectivity index (χ0) is 21.1. The van der Waals surface area contributed by atoms with Crippen molar-refractivity contribution in [1.82, 2.24) is 5.32 Å².